The number of hydrogen-bond acceptors (Lipinski definition) is 5. The van der Waals surface area contributed by atoms with Gasteiger partial charge in [-0.25, -0.2) is 4.98 Å². The quantitative estimate of drug-likeness (QED) is 0.656. The molecule has 2 N–H and O–H groups in total. The fourth-order valence-corrected chi connectivity index (χ4v) is 3.29. The van der Waals surface area contributed by atoms with Crippen LogP contribution in [0.15, 0.2) is 60.0 Å². The molecule has 0 fully saturated rings. The Balaban J connectivity index is 1.56. The van der Waals surface area contributed by atoms with Crippen LogP contribution in [0.4, 0.5) is 5.13 Å². The Kier molecular flexibility index (Phi) is 6.36. The van der Waals surface area contributed by atoms with Gasteiger partial charge < -0.3 is 15.5 Å². The first-order valence-electron chi connectivity index (χ1n) is 8.85. The van der Waals surface area contributed by atoms with Crippen LogP contribution in [0, 0.1) is 0 Å². The van der Waals surface area contributed by atoms with Crippen molar-refractivity contribution in [3.63, 3.8) is 0 Å². The number of benzene rings is 2. The molecule has 0 radical (unpaired) electrons. The lowest BCUT2D eigenvalue weighted by Crippen LogP contribution is -2.33. The lowest BCUT2D eigenvalue weighted by Gasteiger charge is -2.11. The maximum absolute atomic E-state index is 12.3. The summed E-state index contributed by atoms with van der Waals surface area (Å²) in [5, 5.41) is 7.55. The molecule has 0 saturated heterocycles. The Labute approximate surface area is 172 Å². The predicted molar refractivity (Wildman–Crippen MR) is 113 cm³/mol. The van der Waals surface area contributed by atoms with Crippen molar-refractivity contribution in [3.05, 3.63) is 71.1 Å². The minimum Gasteiger partial charge on any atom is -0.345 e. The highest BCUT2D eigenvalue weighted by atomic mass is 32.1. The molecule has 2 aromatic carbocycles. The predicted octanol–water partition coefficient (Wildman–Crippen LogP) is 2.88. The highest BCUT2D eigenvalue weighted by Crippen LogP contribution is 2.24. The Hall–Kier alpha value is -3.52. The number of carbonyl (C=O) groups is 3. The second-order valence-electron chi connectivity index (χ2n) is 6.42. The first kappa shape index (κ1) is 20.2. The second kappa shape index (κ2) is 9.11. The van der Waals surface area contributed by atoms with E-state index < -0.39 is 5.91 Å². The molecule has 0 aliphatic rings. The summed E-state index contributed by atoms with van der Waals surface area (Å²) >= 11 is 1.31. The van der Waals surface area contributed by atoms with Crippen molar-refractivity contribution < 1.29 is 14.4 Å². The molecule has 0 bridgehead atoms. The highest BCUT2D eigenvalue weighted by molar-refractivity contribution is 7.14. The number of nitrogens with one attached hydrogen (secondary N) is 2. The topological polar surface area (TPSA) is 91.4 Å². The van der Waals surface area contributed by atoms with Gasteiger partial charge in [-0.15, -0.1) is 11.3 Å². The Bertz CT molecular complexity index is 1030. The van der Waals surface area contributed by atoms with E-state index >= 15 is 0 Å². The first-order valence-corrected chi connectivity index (χ1v) is 9.72. The van der Waals surface area contributed by atoms with Crippen molar-refractivity contribution in [2.24, 2.45) is 0 Å². The van der Waals surface area contributed by atoms with E-state index in [0.717, 1.165) is 11.3 Å². The third-order valence-electron chi connectivity index (χ3n) is 4.01. The standard InChI is InChI=1S/C21H20N4O3S/c1-25(2)20(28)16-10-6-9-15(11-16)19(27)22-12-18(26)24-21-23-17(13-29-21)14-7-4-3-5-8-14/h3-11,13H,12H2,1-2H3,(H,22,27)(H,23,24,26). The van der Waals surface area contributed by atoms with Crippen LogP contribution in [0.5, 0.6) is 0 Å². The summed E-state index contributed by atoms with van der Waals surface area (Å²) in [5.74, 6) is -1.01. The van der Waals surface area contributed by atoms with Crippen LogP contribution in [0.1, 0.15) is 20.7 Å². The summed E-state index contributed by atoms with van der Waals surface area (Å²) in [6, 6.07) is 16.0. The molecule has 8 heteroatoms. The van der Waals surface area contributed by atoms with Crippen molar-refractivity contribution in [2.75, 3.05) is 26.0 Å². The average molecular weight is 408 g/mol. The van der Waals surface area contributed by atoms with E-state index in [9.17, 15) is 14.4 Å². The van der Waals surface area contributed by atoms with Crippen LogP contribution in [0.2, 0.25) is 0 Å². The summed E-state index contributed by atoms with van der Waals surface area (Å²) in [7, 11) is 3.28. The van der Waals surface area contributed by atoms with Gasteiger partial charge in [0.15, 0.2) is 5.13 Å². The van der Waals surface area contributed by atoms with Crippen LogP contribution >= 0.6 is 11.3 Å². The van der Waals surface area contributed by atoms with Crippen molar-refractivity contribution in [2.45, 2.75) is 0 Å². The van der Waals surface area contributed by atoms with E-state index in [-0.39, 0.29) is 18.4 Å². The summed E-state index contributed by atoms with van der Waals surface area (Å²) in [6.45, 7) is -0.203. The van der Waals surface area contributed by atoms with Gasteiger partial charge in [-0.1, -0.05) is 36.4 Å². The molecule has 0 aliphatic carbocycles. The van der Waals surface area contributed by atoms with Crippen molar-refractivity contribution in [1.29, 1.82) is 0 Å². The van der Waals surface area contributed by atoms with Gasteiger partial charge in [-0.3, -0.25) is 14.4 Å². The maximum Gasteiger partial charge on any atom is 0.253 e. The Morgan fingerprint density at radius 1 is 1.00 bits per heavy atom. The molecule has 1 aromatic heterocycles. The smallest absolute Gasteiger partial charge is 0.253 e. The molecule has 3 rings (SSSR count). The number of amides is 3. The maximum atomic E-state index is 12.3. The molecular formula is C21H20N4O3S. The number of carbonyl (C=O) groups excluding carboxylic acids is 3. The van der Waals surface area contributed by atoms with Gasteiger partial charge in [0.05, 0.1) is 12.2 Å². The minimum absolute atomic E-state index is 0.199. The van der Waals surface area contributed by atoms with Crippen LogP contribution in [0.25, 0.3) is 11.3 Å². The van der Waals surface area contributed by atoms with Crippen LogP contribution in [0.3, 0.4) is 0 Å². The normalized spacial score (nSPS) is 10.3. The molecule has 7 nitrogen and oxygen atoms in total. The molecule has 0 atom stereocenters. The van der Waals surface area contributed by atoms with Crippen LogP contribution in [-0.2, 0) is 4.79 Å². The molecule has 0 saturated carbocycles. The molecular weight excluding hydrogens is 388 g/mol. The molecule has 148 valence electrons. The van der Waals surface area contributed by atoms with Crippen molar-refractivity contribution in [3.8, 4) is 11.3 Å². The summed E-state index contributed by atoms with van der Waals surface area (Å²) in [6.07, 6.45) is 0. The zero-order valence-corrected chi connectivity index (χ0v) is 16.8. The lowest BCUT2D eigenvalue weighted by molar-refractivity contribution is -0.115. The second-order valence-corrected chi connectivity index (χ2v) is 7.27. The van der Waals surface area contributed by atoms with Gasteiger partial charge in [-0.05, 0) is 18.2 Å². The van der Waals surface area contributed by atoms with Gasteiger partial charge in [0.2, 0.25) is 5.91 Å². The number of rotatable bonds is 6. The average Bonchev–Trinajstić information content (AvgIpc) is 3.20. The first-order chi connectivity index (χ1) is 13.9. The van der Waals surface area contributed by atoms with E-state index in [2.05, 4.69) is 15.6 Å². The number of anilines is 1. The van der Waals surface area contributed by atoms with Crippen LogP contribution < -0.4 is 10.6 Å². The number of hydrogen-bond donors (Lipinski definition) is 2. The van der Waals surface area contributed by atoms with E-state index in [1.807, 2.05) is 35.7 Å². The van der Waals surface area contributed by atoms with Gasteiger partial charge >= 0.3 is 0 Å². The SMILES string of the molecule is CN(C)C(=O)c1cccc(C(=O)NCC(=O)Nc2nc(-c3ccccc3)cs2)c1. The molecule has 29 heavy (non-hydrogen) atoms. The third-order valence-corrected chi connectivity index (χ3v) is 4.77. The fraction of sp³-hybridized carbons (Fsp3) is 0.143. The minimum atomic E-state index is -0.433. The zero-order valence-electron chi connectivity index (χ0n) is 16.0. The van der Waals surface area contributed by atoms with E-state index in [1.54, 1.807) is 32.3 Å². The highest BCUT2D eigenvalue weighted by Gasteiger charge is 2.13. The molecule has 0 unspecified atom stereocenters. The van der Waals surface area contributed by atoms with Gasteiger partial charge in [0, 0.05) is 36.2 Å². The Morgan fingerprint density at radius 3 is 2.45 bits per heavy atom. The van der Waals surface area contributed by atoms with Gasteiger partial charge in [0.25, 0.3) is 11.8 Å². The monoisotopic (exact) mass is 408 g/mol. The van der Waals surface area contributed by atoms with E-state index in [0.29, 0.717) is 16.3 Å². The molecule has 0 aliphatic heterocycles. The van der Waals surface area contributed by atoms with Crippen molar-refractivity contribution in [1.82, 2.24) is 15.2 Å². The summed E-state index contributed by atoms with van der Waals surface area (Å²) < 4.78 is 0. The number of thiazole rings is 1. The van der Waals surface area contributed by atoms with Gasteiger partial charge in [0.1, 0.15) is 0 Å². The molecule has 1 heterocycles. The fourth-order valence-electron chi connectivity index (χ4n) is 2.55. The van der Waals surface area contributed by atoms with E-state index in [4.69, 9.17) is 0 Å². The molecule has 0 spiro atoms. The Morgan fingerprint density at radius 2 is 1.72 bits per heavy atom. The van der Waals surface area contributed by atoms with Gasteiger partial charge in [-0.2, -0.15) is 0 Å². The number of aromatic nitrogens is 1. The van der Waals surface area contributed by atoms with E-state index in [1.165, 1.54) is 22.3 Å². The number of nitrogens with zero attached hydrogens (tertiary/aromatic N) is 2. The largest absolute Gasteiger partial charge is 0.345 e. The molecule has 3 amide bonds. The lowest BCUT2D eigenvalue weighted by atomic mass is 10.1. The third kappa shape index (κ3) is 5.26. The zero-order chi connectivity index (χ0) is 20.8. The summed E-state index contributed by atoms with van der Waals surface area (Å²) in [5.41, 5.74) is 2.46. The van der Waals surface area contributed by atoms with Crippen molar-refractivity contribution >= 4 is 34.2 Å². The summed E-state index contributed by atoms with van der Waals surface area (Å²) in [4.78, 5) is 42.3. The van der Waals surface area contributed by atoms with Crippen LogP contribution in [-0.4, -0.2) is 48.2 Å². The molecule has 3 aromatic rings.